The van der Waals surface area contributed by atoms with Crippen molar-refractivity contribution in [3.63, 3.8) is 0 Å². The van der Waals surface area contributed by atoms with Crippen molar-refractivity contribution in [2.75, 3.05) is 12.8 Å². The van der Waals surface area contributed by atoms with E-state index in [4.69, 9.17) is 22.1 Å². The maximum absolute atomic E-state index is 11.4. The highest BCUT2D eigenvalue weighted by Gasteiger charge is 2.15. The second kappa shape index (κ2) is 6.47. The van der Waals surface area contributed by atoms with Gasteiger partial charge >= 0.3 is 0 Å². The van der Waals surface area contributed by atoms with E-state index < -0.39 is 9.84 Å². The summed E-state index contributed by atoms with van der Waals surface area (Å²) in [7, 11) is -3.21. The summed E-state index contributed by atoms with van der Waals surface area (Å²) in [4.78, 5) is 0.247. The van der Waals surface area contributed by atoms with Gasteiger partial charge in [-0.05, 0) is 30.3 Å². The summed E-state index contributed by atoms with van der Waals surface area (Å²) in [6.07, 6.45) is 0.776. The number of halogens is 1. The van der Waals surface area contributed by atoms with Crippen molar-refractivity contribution in [2.24, 2.45) is 5.73 Å². The minimum atomic E-state index is -3.21. The van der Waals surface area contributed by atoms with E-state index >= 15 is 0 Å². The first-order valence-electron chi connectivity index (χ1n) is 6.33. The standard InChI is InChI=1S/C15H16ClNO3S/c1-21(18,19)12-8-6-11(7-9-12)20-15(10-17)13-4-2-3-5-14(13)16/h2-9,15H,10,17H2,1H3. The number of ether oxygens (including phenoxy) is 1. The zero-order valence-electron chi connectivity index (χ0n) is 11.5. The van der Waals surface area contributed by atoms with Crippen LogP contribution in [0.15, 0.2) is 53.4 Å². The topological polar surface area (TPSA) is 69.4 Å². The normalized spacial score (nSPS) is 12.9. The van der Waals surface area contributed by atoms with Gasteiger partial charge in [-0.15, -0.1) is 0 Å². The molecule has 1 unspecified atom stereocenters. The lowest BCUT2D eigenvalue weighted by atomic mass is 10.1. The van der Waals surface area contributed by atoms with Crippen molar-refractivity contribution in [1.82, 2.24) is 0 Å². The molecule has 2 rings (SSSR count). The van der Waals surface area contributed by atoms with Gasteiger partial charge in [0.15, 0.2) is 9.84 Å². The van der Waals surface area contributed by atoms with Crippen molar-refractivity contribution in [3.05, 3.63) is 59.1 Å². The lowest BCUT2D eigenvalue weighted by Crippen LogP contribution is -2.18. The summed E-state index contributed by atoms with van der Waals surface area (Å²) >= 11 is 6.13. The molecule has 1 atom stereocenters. The van der Waals surface area contributed by atoms with Gasteiger partial charge in [-0.2, -0.15) is 0 Å². The highest BCUT2D eigenvalue weighted by atomic mass is 35.5. The van der Waals surface area contributed by atoms with Crippen LogP contribution in [0.3, 0.4) is 0 Å². The Bertz CT molecular complexity index is 714. The average molecular weight is 326 g/mol. The smallest absolute Gasteiger partial charge is 0.175 e. The van der Waals surface area contributed by atoms with Crippen molar-refractivity contribution in [1.29, 1.82) is 0 Å². The molecule has 0 spiro atoms. The Hall–Kier alpha value is -1.56. The van der Waals surface area contributed by atoms with Crippen molar-refractivity contribution >= 4 is 21.4 Å². The quantitative estimate of drug-likeness (QED) is 0.917. The van der Waals surface area contributed by atoms with Gasteiger partial charge in [0.1, 0.15) is 11.9 Å². The molecule has 4 nitrogen and oxygen atoms in total. The molecule has 21 heavy (non-hydrogen) atoms. The third-order valence-corrected chi connectivity index (χ3v) is 4.47. The van der Waals surface area contributed by atoms with Crippen LogP contribution in [-0.4, -0.2) is 21.2 Å². The van der Waals surface area contributed by atoms with Crippen molar-refractivity contribution in [2.45, 2.75) is 11.0 Å². The van der Waals surface area contributed by atoms with Crippen LogP contribution >= 0.6 is 11.6 Å². The SMILES string of the molecule is CS(=O)(=O)c1ccc(OC(CN)c2ccccc2Cl)cc1. The fourth-order valence-electron chi connectivity index (χ4n) is 1.90. The summed E-state index contributed by atoms with van der Waals surface area (Å²) in [6, 6.07) is 13.5. The fraction of sp³-hybridized carbons (Fsp3) is 0.200. The van der Waals surface area contributed by atoms with E-state index in [0.29, 0.717) is 10.8 Å². The molecular weight excluding hydrogens is 310 g/mol. The summed E-state index contributed by atoms with van der Waals surface area (Å²) in [5, 5.41) is 0.584. The molecule has 2 aromatic carbocycles. The van der Waals surface area contributed by atoms with E-state index in [1.807, 2.05) is 18.2 Å². The number of sulfone groups is 1. The highest BCUT2D eigenvalue weighted by molar-refractivity contribution is 7.90. The van der Waals surface area contributed by atoms with Crippen LogP contribution < -0.4 is 10.5 Å². The minimum Gasteiger partial charge on any atom is -0.484 e. The molecule has 0 amide bonds. The Morgan fingerprint density at radius 2 is 1.76 bits per heavy atom. The first-order valence-corrected chi connectivity index (χ1v) is 8.60. The first kappa shape index (κ1) is 15.8. The molecule has 0 heterocycles. The molecule has 0 saturated carbocycles. The molecule has 2 aromatic rings. The molecule has 112 valence electrons. The number of nitrogens with two attached hydrogens (primary N) is 1. The van der Waals surface area contributed by atoms with Crippen LogP contribution in [0, 0.1) is 0 Å². The van der Waals surface area contributed by atoms with Gasteiger partial charge < -0.3 is 10.5 Å². The Labute approximate surface area is 129 Å². The van der Waals surface area contributed by atoms with E-state index in [1.165, 1.54) is 12.1 Å². The van der Waals surface area contributed by atoms with Crippen LogP contribution in [0.1, 0.15) is 11.7 Å². The van der Waals surface area contributed by atoms with Crippen molar-refractivity contribution in [3.8, 4) is 5.75 Å². The Balaban J connectivity index is 2.22. The molecule has 0 aliphatic heterocycles. The minimum absolute atomic E-state index is 0.247. The molecule has 2 N–H and O–H groups in total. The largest absolute Gasteiger partial charge is 0.484 e. The second-order valence-corrected chi connectivity index (χ2v) is 7.03. The van der Waals surface area contributed by atoms with E-state index in [2.05, 4.69) is 0 Å². The lowest BCUT2D eigenvalue weighted by molar-refractivity contribution is 0.214. The third-order valence-electron chi connectivity index (χ3n) is 3.00. The molecule has 0 saturated heterocycles. The molecule has 0 bridgehead atoms. The van der Waals surface area contributed by atoms with Gasteiger partial charge in [0.25, 0.3) is 0 Å². The van der Waals surface area contributed by atoms with E-state index in [0.717, 1.165) is 11.8 Å². The summed E-state index contributed by atoms with van der Waals surface area (Å²) in [5.74, 6) is 0.540. The second-order valence-electron chi connectivity index (χ2n) is 4.61. The Morgan fingerprint density at radius 1 is 1.14 bits per heavy atom. The maximum atomic E-state index is 11.4. The average Bonchev–Trinajstić information content (AvgIpc) is 2.45. The van der Waals surface area contributed by atoms with Gasteiger partial charge in [0, 0.05) is 23.4 Å². The summed E-state index contributed by atoms with van der Waals surface area (Å²) < 4.78 is 28.6. The number of hydrogen-bond donors (Lipinski definition) is 1. The van der Waals surface area contributed by atoms with Crippen LogP contribution in [0.25, 0.3) is 0 Å². The zero-order chi connectivity index (χ0) is 15.5. The van der Waals surface area contributed by atoms with Gasteiger partial charge in [-0.25, -0.2) is 8.42 Å². The van der Waals surface area contributed by atoms with Gasteiger partial charge in [0.2, 0.25) is 0 Å². The first-order chi connectivity index (χ1) is 9.91. The zero-order valence-corrected chi connectivity index (χ0v) is 13.1. The fourth-order valence-corrected chi connectivity index (χ4v) is 2.79. The Kier molecular flexibility index (Phi) is 4.88. The Morgan fingerprint density at radius 3 is 2.29 bits per heavy atom. The molecule has 0 aromatic heterocycles. The third kappa shape index (κ3) is 3.97. The van der Waals surface area contributed by atoms with Crippen LogP contribution in [-0.2, 0) is 9.84 Å². The molecule has 0 aliphatic carbocycles. The number of benzene rings is 2. The molecule has 6 heteroatoms. The van der Waals surface area contributed by atoms with Gasteiger partial charge in [-0.3, -0.25) is 0 Å². The van der Waals surface area contributed by atoms with Crippen LogP contribution in [0.4, 0.5) is 0 Å². The van der Waals surface area contributed by atoms with E-state index in [1.54, 1.807) is 18.2 Å². The number of rotatable bonds is 5. The van der Waals surface area contributed by atoms with Crippen LogP contribution in [0.5, 0.6) is 5.75 Å². The molecule has 0 fully saturated rings. The van der Waals surface area contributed by atoms with Gasteiger partial charge in [0.05, 0.1) is 4.90 Å². The maximum Gasteiger partial charge on any atom is 0.175 e. The predicted molar refractivity (Wildman–Crippen MR) is 83.4 cm³/mol. The molecule has 0 radical (unpaired) electrons. The molecular formula is C15H16ClNO3S. The monoisotopic (exact) mass is 325 g/mol. The lowest BCUT2D eigenvalue weighted by Gasteiger charge is -2.19. The summed E-state index contributed by atoms with van der Waals surface area (Å²) in [5.41, 5.74) is 6.54. The number of hydrogen-bond acceptors (Lipinski definition) is 4. The summed E-state index contributed by atoms with van der Waals surface area (Å²) in [6.45, 7) is 0.261. The van der Waals surface area contributed by atoms with E-state index in [-0.39, 0.29) is 17.5 Å². The highest BCUT2D eigenvalue weighted by Crippen LogP contribution is 2.27. The molecule has 0 aliphatic rings. The van der Waals surface area contributed by atoms with Crippen LogP contribution in [0.2, 0.25) is 5.02 Å². The van der Waals surface area contributed by atoms with Gasteiger partial charge in [-0.1, -0.05) is 29.8 Å². The van der Waals surface area contributed by atoms with Crippen molar-refractivity contribution < 1.29 is 13.2 Å². The van der Waals surface area contributed by atoms with E-state index in [9.17, 15) is 8.42 Å². The predicted octanol–water partition coefficient (Wildman–Crippen LogP) is 2.82.